The fourth-order valence-electron chi connectivity index (χ4n) is 3.72. The van der Waals surface area contributed by atoms with E-state index < -0.39 is 5.60 Å². The van der Waals surface area contributed by atoms with Gasteiger partial charge in [-0.1, -0.05) is 73.9 Å². The number of hydrogen-bond acceptors (Lipinski definition) is 7. The molecule has 1 saturated heterocycles. The number of halogens is 2. The largest absolute Gasteiger partial charge is 0.387 e. The van der Waals surface area contributed by atoms with Gasteiger partial charge < -0.3 is 10.0 Å². The second-order valence-corrected chi connectivity index (χ2v) is 11.6. The molecule has 8 nitrogen and oxygen atoms in total. The molecule has 37 heavy (non-hydrogen) atoms. The summed E-state index contributed by atoms with van der Waals surface area (Å²) < 4.78 is 1.69. The minimum absolute atomic E-state index is 0.259. The smallest absolute Gasteiger partial charge is 0.208 e. The zero-order valence-corrected chi connectivity index (χ0v) is 23.5. The molecule has 0 radical (unpaired) electrons. The summed E-state index contributed by atoms with van der Waals surface area (Å²) in [6.45, 7) is 8.21. The minimum atomic E-state index is -0.861. The predicted octanol–water partition coefficient (Wildman–Crippen LogP) is 5.46. The van der Waals surface area contributed by atoms with Gasteiger partial charge in [0.1, 0.15) is 17.8 Å². The molecule has 1 unspecified atom stereocenters. The first kappa shape index (κ1) is 28.9. The number of aryl methyl sites for hydroxylation is 1. The Morgan fingerprint density at radius 3 is 2.46 bits per heavy atom. The van der Waals surface area contributed by atoms with E-state index in [9.17, 15) is 5.11 Å². The zero-order chi connectivity index (χ0) is 26.9. The van der Waals surface area contributed by atoms with E-state index in [0.29, 0.717) is 18.1 Å². The summed E-state index contributed by atoms with van der Waals surface area (Å²) in [5, 5.41) is 25.8. The van der Waals surface area contributed by atoms with Crippen molar-refractivity contribution in [1.82, 2.24) is 24.6 Å². The number of hydrogen-bond donors (Lipinski definition) is 1. The second-order valence-electron chi connectivity index (χ2n) is 9.75. The van der Waals surface area contributed by atoms with Crippen LogP contribution in [-0.4, -0.2) is 52.8 Å². The number of aliphatic hydroxyl groups is 1. The van der Waals surface area contributed by atoms with Crippen LogP contribution >= 0.6 is 35.0 Å². The lowest BCUT2D eigenvalue weighted by Crippen LogP contribution is -2.47. The number of amidine groups is 1. The van der Waals surface area contributed by atoms with E-state index >= 15 is 0 Å². The lowest BCUT2D eigenvalue weighted by atomic mass is 9.73. The van der Waals surface area contributed by atoms with Gasteiger partial charge in [-0.2, -0.15) is 10.4 Å². The molecule has 0 saturated carbocycles. The number of pyridine rings is 1. The molecule has 1 N–H and O–H groups in total. The highest BCUT2D eigenvalue weighted by Crippen LogP contribution is 2.35. The molecule has 1 atom stereocenters. The van der Waals surface area contributed by atoms with Crippen molar-refractivity contribution in [3.05, 3.63) is 76.6 Å². The van der Waals surface area contributed by atoms with E-state index in [1.54, 1.807) is 35.0 Å². The fourth-order valence-corrected chi connectivity index (χ4v) is 4.90. The molecule has 3 aromatic rings. The van der Waals surface area contributed by atoms with Gasteiger partial charge in [0.15, 0.2) is 5.17 Å². The lowest BCUT2D eigenvalue weighted by Gasteiger charge is -2.40. The van der Waals surface area contributed by atoms with E-state index in [1.807, 2.05) is 57.3 Å². The van der Waals surface area contributed by atoms with Crippen molar-refractivity contribution in [3.63, 3.8) is 0 Å². The molecule has 11 heteroatoms. The quantitative estimate of drug-likeness (QED) is 0.302. The van der Waals surface area contributed by atoms with Crippen LogP contribution in [0.2, 0.25) is 10.2 Å². The molecule has 3 heterocycles. The highest BCUT2D eigenvalue weighted by molar-refractivity contribution is 8.14. The molecule has 1 aliphatic rings. The monoisotopic (exact) mass is 559 g/mol. The maximum absolute atomic E-state index is 11.1. The molecule has 0 spiro atoms. The molecule has 2 aromatic heterocycles. The van der Waals surface area contributed by atoms with Gasteiger partial charge in [-0.3, -0.25) is 4.68 Å². The standard InChI is InChI=1S/C16H22ClN3O.C10H9ClN4S/c1-15(2,3)16(21,10-20-12-18-11-19-20)9-8-13-4-6-14(17)7-5-13;11-9-2-1-8(5-13-9)6-15-3-4-16-10(15)14-7-12/h4-7,11-12,21H,8-10H2,1-3H3;1-2,5H,3-4,6H2/b;14-10-. The molecule has 1 fully saturated rings. The first-order valence-corrected chi connectivity index (χ1v) is 13.6. The van der Waals surface area contributed by atoms with Gasteiger partial charge in [0.05, 0.1) is 12.1 Å². The van der Waals surface area contributed by atoms with Crippen molar-refractivity contribution in [2.75, 3.05) is 12.3 Å². The Bertz CT molecular complexity index is 1190. The average molecular weight is 561 g/mol. The van der Waals surface area contributed by atoms with E-state index in [0.717, 1.165) is 41.0 Å². The van der Waals surface area contributed by atoms with Crippen molar-refractivity contribution in [1.29, 1.82) is 5.26 Å². The van der Waals surface area contributed by atoms with Crippen LogP contribution in [0.15, 0.2) is 60.2 Å². The van der Waals surface area contributed by atoms with Gasteiger partial charge in [0, 0.05) is 30.1 Å². The van der Waals surface area contributed by atoms with E-state index in [1.165, 1.54) is 11.9 Å². The first-order chi connectivity index (χ1) is 17.6. The van der Waals surface area contributed by atoms with Gasteiger partial charge >= 0.3 is 0 Å². The molecule has 0 bridgehead atoms. The molecule has 196 valence electrons. The maximum Gasteiger partial charge on any atom is 0.208 e. The summed E-state index contributed by atoms with van der Waals surface area (Å²) in [4.78, 5) is 13.8. The molecule has 0 aliphatic carbocycles. The third-order valence-electron chi connectivity index (χ3n) is 6.20. The topological polar surface area (TPSA) is 103 Å². The molecule has 0 amide bonds. The number of nitriles is 1. The summed E-state index contributed by atoms with van der Waals surface area (Å²) >= 11 is 13.2. The summed E-state index contributed by atoms with van der Waals surface area (Å²) in [7, 11) is 0. The Morgan fingerprint density at radius 2 is 1.86 bits per heavy atom. The third-order valence-corrected chi connectivity index (χ3v) is 7.67. The van der Waals surface area contributed by atoms with Gasteiger partial charge in [-0.25, -0.2) is 9.97 Å². The van der Waals surface area contributed by atoms with Crippen LogP contribution in [0.3, 0.4) is 0 Å². The molecule has 4 rings (SSSR count). The number of benzene rings is 1. The Balaban J connectivity index is 0.000000213. The highest BCUT2D eigenvalue weighted by atomic mass is 35.5. The molecular formula is C26H31Cl2N7OS. The Kier molecular flexibility index (Phi) is 10.4. The number of aromatic nitrogens is 4. The maximum atomic E-state index is 11.1. The fraction of sp³-hybridized carbons (Fsp3) is 0.423. The van der Waals surface area contributed by atoms with Crippen molar-refractivity contribution in [2.24, 2.45) is 10.4 Å². The number of thioether (sulfide) groups is 1. The van der Waals surface area contributed by atoms with E-state index in [2.05, 4.69) is 25.0 Å². The first-order valence-electron chi connectivity index (χ1n) is 11.8. The van der Waals surface area contributed by atoms with Gasteiger partial charge in [-0.15, -0.1) is 4.99 Å². The molecule has 1 aromatic carbocycles. The Labute approximate surface area is 232 Å². The van der Waals surface area contributed by atoms with Crippen LogP contribution in [0.1, 0.15) is 38.3 Å². The predicted molar refractivity (Wildman–Crippen MR) is 149 cm³/mol. The highest BCUT2D eigenvalue weighted by Gasteiger charge is 2.40. The minimum Gasteiger partial charge on any atom is -0.387 e. The van der Waals surface area contributed by atoms with Gasteiger partial charge in [0.25, 0.3) is 0 Å². The average Bonchev–Trinajstić information content (AvgIpc) is 3.52. The number of aliphatic imine (C=N–C) groups is 1. The van der Waals surface area contributed by atoms with E-state index in [-0.39, 0.29) is 5.41 Å². The summed E-state index contributed by atoms with van der Waals surface area (Å²) in [6.07, 6.45) is 8.14. The summed E-state index contributed by atoms with van der Waals surface area (Å²) in [5.74, 6) is 0.974. The van der Waals surface area contributed by atoms with Gasteiger partial charge in [-0.05, 0) is 47.6 Å². The Hall–Kier alpha value is -2.64. The van der Waals surface area contributed by atoms with Crippen molar-refractivity contribution in [3.8, 4) is 6.19 Å². The molecular weight excluding hydrogens is 529 g/mol. The Morgan fingerprint density at radius 1 is 1.14 bits per heavy atom. The lowest BCUT2D eigenvalue weighted by molar-refractivity contribution is -0.0796. The van der Waals surface area contributed by atoms with E-state index in [4.69, 9.17) is 28.5 Å². The zero-order valence-electron chi connectivity index (χ0n) is 21.2. The van der Waals surface area contributed by atoms with Crippen LogP contribution in [0, 0.1) is 16.9 Å². The third kappa shape index (κ3) is 8.71. The van der Waals surface area contributed by atoms with Crippen LogP contribution in [0.4, 0.5) is 0 Å². The molecule has 1 aliphatic heterocycles. The van der Waals surface area contributed by atoms with Crippen molar-refractivity contribution >= 4 is 40.1 Å². The van der Waals surface area contributed by atoms with Crippen LogP contribution in [0.5, 0.6) is 0 Å². The van der Waals surface area contributed by atoms with Crippen molar-refractivity contribution in [2.45, 2.75) is 52.3 Å². The van der Waals surface area contributed by atoms with Crippen molar-refractivity contribution < 1.29 is 5.11 Å². The normalized spacial score (nSPS) is 16.1. The number of rotatable bonds is 7. The number of nitrogens with zero attached hydrogens (tertiary/aromatic N) is 7. The summed E-state index contributed by atoms with van der Waals surface area (Å²) in [5.41, 5.74) is 1.12. The summed E-state index contributed by atoms with van der Waals surface area (Å²) in [6, 6.07) is 11.5. The van der Waals surface area contributed by atoms with Gasteiger partial charge in [0.2, 0.25) is 6.19 Å². The van der Waals surface area contributed by atoms with Crippen LogP contribution < -0.4 is 0 Å². The van der Waals surface area contributed by atoms with Crippen LogP contribution in [-0.2, 0) is 19.5 Å². The second kappa shape index (κ2) is 13.2. The SMILES string of the molecule is CC(C)(C)C(O)(CCc1ccc(Cl)cc1)Cn1cncn1.N#C/N=C1\SCCN1Cc1ccc(Cl)nc1. The van der Waals surface area contributed by atoms with Crippen LogP contribution in [0.25, 0.3) is 0 Å².